The van der Waals surface area contributed by atoms with Crippen molar-refractivity contribution < 1.29 is 13.6 Å². The van der Waals surface area contributed by atoms with Gasteiger partial charge in [-0.05, 0) is 50.1 Å². The van der Waals surface area contributed by atoms with Crippen LogP contribution >= 0.6 is 11.8 Å². The zero-order valence-electron chi connectivity index (χ0n) is 12.9. The quantitative estimate of drug-likeness (QED) is 0.775. The van der Waals surface area contributed by atoms with Crippen molar-refractivity contribution in [1.82, 2.24) is 0 Å². The number of para-hydroxylation sites is 1. The van der Waals surface area contributed by atoms with Crippen molar-refractivity contribution in [2.45, 2.75) is 36.5 Å². The largest absolute Gasteiger partial charge is 0.308 e. The highest BCUT2D eigenvalue weighted by Gasteiger charge is 2.33. The molecule has 2 aromatic carbocycles. The Bertz CT molecular complexity index is 750. The van der Waals surface area contributed by atoms with Gasteiger partial charge in [-0.25, -0.2) is 8.78 Å². The molecule has 0 aromatic heterocycles. The average molecular weight is 333 g/mol. The van der Waals surface area contributed by atoms with Crippen LogP contribution in [0.2, 0.25) is 0 Å². The van der Waals surface area contributed by atoms with Crippen LogP contribution in [0.1, 0.15) is 19.4 Å². The summed E-state index contributed by atoms with van der Waals surface area (Å²) in [6.45, 7) is 3.81. The van der Waals surface area contributed by atoms with E-state index in [1.807, 2.05) is 36.1 Å². The number of halogens is 2. The van der Waals surface area contributed by atoms with Gasteiger partial charge in [0.25, 0.3) is 0 Å². The second-order valence-corrected chi connectivity index (χ2v) is 7.14. The monoisotopic (exact) mass is 333 g/mol. The van der Waals surface area contributed by atoms with Gasteiger partial charge in [0.15, 0.2) is 11.6 Å². The molecule has 0 unspecified atom stereocenters. The third-order valence-corrected chi connectivity index (χ3v) is 5.08. The van der Waals surface area contributed by atoms with Crippen LogP contribution < -0.4 is 4.90 Å². The molecule has 5 heteroatoms. The number of hydrogen-bond donors (Lipinski definition) is 0. The van der Waals surface area contributed by atoms with Crippen molar-refractivity contribution in [2.75, 3.05) is 4.90 Å². The van der Waals surface area contributed by atoms with Crippen molar-refractivity contribution in [3.8, 4) is 0 Å². The minimum absolute atomic E-state index is 0.0165. The van der Waals surface area contributed by atoms with Crippen LogP contribution in [-0.4, -0.2) is 17.2 Å². The van der Waals surface area contributed by atoms with Crippen LogP contribution in [0.25, 0.3) is 0 Å². The van der Waals surface area contributed by atoms with E-state index >= 15 is 0 Å². The fourth-order valence-corrected chi connectivity index (χ4v) is 3.84. The van der Waals surface area contributed by atoms with Gasteiger partial charge in [-0.2, -0.15) is 0 Å². The molecule has 2 atom stereocenters. The van der Waals surface area contributed by atoms with Crippen LogP contribution in [0.4, 0.5) is 14.5 Å². The van der Waals surface area contributed by atoms with Gasteiger partial charge in [-0.15, -0.1) is 11.8 Å². The first-order valence-electron chi connectivity index (χ1n) is 7.50. The summed E-state index contributed by atoms with van der Waals surface area (Å²) in [5.74, 6) is -1.79. The zero-order chi connectivity index (χ0) is 16.6. The number of carbonyl (C=O) groups is 1. The number of rotatable bonds is 3. The van der Waals surface area contributed by atoms with Gasteiger partial charge in [0.05, 0.1) is 5.25 Å². The standard InChI is InChI=1S/C18H17F2NOS/c1-11-9-13-5-3-4-6-17(13)21(11)18(22)12(2)23-14-7-8-15(19)16(20)10-14/h3-8,10-12H,9H2,1-2H3/t11-,12+/m1/s1. The first-order valence-corrected chi connectivity index (χ1v) is 8.38. The van der Waals surface area contributed by atoms with Gasteiger partial charge in [0.1, 0.15) is 0 Å². The maximum Gasteiger partial charge on any atom is 0.240 e. The molecule has 0 bridgehead atoms. The predicted octanol–water partition coefficient (Wildman–Crippen LogP) is 4.42. The van der Waals surface area contributed by atoms with Crippen molar-refractivity contribution >= 4 is 23.4 Å². The van der Waals surface area contributed by atoms with Crippen molar-refractivity contribution in [3.63, 3.8) is 0 Å². The van der Waals surface area contributed by atoms with E-state index in [1.54, 1.807) is 6.92 Å². The molecule has 0 fully saturated rings. The Kier molecular flexibility index (Phi) is 4.39. The SMILES string of the molecule is C[C@H](Sc1ccc(F)c(F)c1)C(=O)N1c2ccccc2C[C@H]1C. The maximum absolute atomic E-state index is 13.3. The van der Waals surface area contributed by atoms with E-state index in [0.717, 1.165) is 24.2 Å². The normalized spacial score (nSPS) is 17.9. The van der Waals surface area contributed by atoms with E-state index in [0.29, 0.717) is 4.90 Å². The Morgan fingerprint density at radius 1 is 1.22 bits per heavy atom. The molecule has 2 nitrogen and oxygen atoms in total. The lowest BCUT2D eigenvalue weighted by atomic mass is 10.1. The van der Waals surface area contributed by atoms with Crippen LogP contribution in [0.5, 0.6) is 0 Å². The Morgan fingerprint density at radius 2 is 1.96 bits per heavy atom. The summed E-state index contributed by atoms with van der Waals surface area (Å²) in [6.07, 6.45) is 0.838. The second-order valence-electron chi connectivity index (χ2n) is 5.73. The zero-order valence-corrected chi connectivity index (χ0v) is 13.7. The maximum atomic E-state index is 13.3. The lowest BCUT2D eigenvalue weighted by Crippen LogP contribution is -2.40. The van der Waals surface area contributed by atoms with Gasteiger partial charge >= 0.3 is 0 Å². The molecule has 1 heterocycles. The summed E-state index contributed by atoms with van der Waals surface area (Å²) >= 11 is 1.24. The summed E-state index contributed by atoms with van der Waals surface area (Å²) < 4.78 is 26.3. The van der Waals surface area contributed by atoms with E-state index < -0.39 is 11.6 Å². The highest BCUT2D eigenvalue weighted by Crippen LogP contribution is 2.35. The predicted molar refractivity (Wildman–Crippen MR) is 88.8 cm³/mol. The van der Waals surface area contributed by atoms with Crippen molar-refractivity contribution in [1.29, 1.82) is 0 Å². The van der Waals surface area contributed by atoms with E-state index in [-0.39, 0.29) is 17.2 Å². The highest BCUT2D eigenvalue weighted by atomic mass is 32.2. The Hall–Kier alpha value is -1.88. The molecule has 0 N–H and O–H groups in total. The molecule has 120 valence electrons. The molecule has 0 aliphatic carbocycles. The number of thioether (sulfide) groups is 1. The fraction of sp³-hybridized carbons (Fsp3) is 0.278. The van der Waals surface area contributed by atoms with Crippen molar-refractivity contribution in [3.05, 3.63) is 59.7 Å². The molecule has 3 rings (SSSR count). The molecule has 1 aliphatic heterocycles. The van der Waals surface area contributed by atoms with Gasteiger partial charge < -0.3 is 4.90 Å². The number of nitrogens with zero attached hydrogens (tertiary/aromatic N) is 1. The summed E-state index contributed by atoms with van der Waals surface area (Å²) in [6, 6.07) is 11.7. The fourth-order valence-electron chi connectivity index (χ4n) is 2.90. The van der Waals surface area contributed by atoms with Crippen LogP contribution in [0, 0.1) is 11.6 Å². The van der Waals surface area contributed by atoms with Gasteiger partial charge in [0, 0.05) is 16.6 Å². The van der Waals surface area contributed by atoms with E-state index in [2.05, 4.69) is 0 Å². The Balaban J connectivity index is 1.78. The summed E-state index contributed by atoms with van der Waals surface area (Å²) in [4.78, 5) is 15.2. The molecule has 1 amide bonds. The summed E-state index contributed by atoms with van der Waals surface area (Å²) in [5, 5.41) is -0.381. The third-order valence-electron chi connectivity index (χ3n) is 4.00. The minimum Gasteiger partial charge on any atom is -0.308 e. The number of anilines is 1. The smallest absolute Gasteiger partial charge is 0.240 e. The molecule has 0 saturated carbocycles. The van der Waals surface area contributed by atoms with Crippen LogP contribution in [0.3, 0.4) is 0 Å². The Morgan fingerprint density at radius 3 is 2.70 bits per heavy atom. The number of carbonyl (C=O) groups excluding carboxylic acids is 1. The lowest BCUT2D eigenvalue weighted by Gasteiger charge is -2.25. The molecule has 0 saturated heterocycles. The summed E-state index contributed by atoms with van der Waals surface area (Å²) in [5.41, 5.74) is 2.11. The number of benzene rings is 2. The highest BCUT2D eigenvalue weighted by molar-refractivity contribution is 8.00. The number of hydrogen-bond acceptors (Lipinski definition) is 2. The Labute approximate surface area is 138 Å². The molecular weight excluding hydrogens is 316 g/mol. The molecule has 0 spiro atoms. The topological polar surface area (TPSA) is 20.3 Å². The molecular formula is C18H17F2NOS. The second kappa shape index (κ2) is 6.32. The van der Waals surface area contributed by atoms with Crippen molar-refractivity contribution in [2.24, 2.45) is 0 Å². The molecule has 23 heavy (non-hydrogen) atoms. The van der Waals surface area contributed by atoms with E-state index in [1.165, 1.54) is 23.4 Å². The van der Waals surface area contributed by atoms with E-state index in [9.17, 15) is 13.6 Å². The van der Waals surface area contributed by atoms with E-state index in [4.69, 9.17) is 0 Å². The third kappa shape index (κ3) is 3.11. The lowest BCUT2D eigenvalue weighted by molar-refractivity contribution is -0.118. The van der Waals surface area contributed by atoms with Gasteiger partial charge in [-0.3, -0.25) is 4.79 Å². The minimum atomic E-state index is -0.894. The first kappa shape index (κ1) is 16.0. The van der Waals surface area contributed by atoms with Gasteiger partial charge in [-0.1, -0.05) is 18.2 Å². The van der Waals surface area contributed by atoms with Crippen LogP contribution in [-0.2, 0) is 11.2 Å². The first-order chi connectivity index (χ1) is 11.0. The molecule has 2 aromatic rings. The molecule has 1 aliphatic rings. The average Bonchev–Trinajstić information content (AvgIpc) is 2.86. The van der Waals surface area contributed by atoms with Crippen LogP contribution in [0.15, 0.2) is 47.4 Å². The van der Waals surface area contributed by atoms with Gasteiger partial charge in [0.2, 0.25) is 5.91 Å². The molecule has 0 radical (unpaired) electrons. The summed E-state index contributed by atoms with van der Waals surface area (Å²) in [7, 11) is 0. The number of amides is 1. The number of fused-ring (bicyclic) bond motifs is 1.